The third-order valence-corrected chi connectivity index (χ3v) is 6.07. The minimum absolute atomic E-state index is 0. The number of nitrogens with one attached hydrogen (secondary N) is 1. The summed E-state index contributed by atoms with van der Waals surface area (Å²) in [7, 11) is 2.06. The predicted molar refractivity (Wildman–Crippen MR) is 138 cm³/mol. The van der Waals surface area contributed by atoms with E-state index in [2.05, 4.69) is 40.1 Å². The minimum Gasteiger partial charge on any atom is -0.444 e. The lowest BCUT2D eigenvalue weighted by Gasteiger charge is -2.30. The van der Waals surface area contributed by atoms with Gasteiger partial charge in [-0.15, -0.1) is 24.0 Å². The number of nitrogens with zero attached hydrogens (tertiary/aromatic N) is 4. The second-order valence-corrected chi connectivity index (χ2v) is 8.52. The monoisotopic (exact) mass is 559 g/mol. The van der Waals surface area contributed by atoms with Gasteiger partial charge in [-0.05, 0) is 64.3 Å². The molecule has 6 nitrogen and oxygen atoms in total. The van der Waals surface area contributed by atoms with Gasteiger partial charge in [0.05, 0.1) is 12.2 Å². The Morgan fingerprint density at radius 2 is 2.00 bits per heavy atom. The Morgan fingerprint density at radius 1 is 1.29 bits per heavy atom. The average molecular weight is 560 g/mol. The lowest BCUT2D eigenvalue weighted by Crippen LogP contribution is -2.39. The number of benzene rings is 1. The smallest absolute Gasteiger partial charge is 0.208 e. The van der Waals surface area contributed by atoms with E-state index in [1.54, 1.807) is 0 Å². The number of oxazole rings is 1. The van der Waals surface area contributed by atoms with Crippen molar-refractivity contribution in [2.75, 3.05) is 33.2 Å². The van der Waals surface area contributed by atoms with Crippen molar-refractivity contribution in [3.8, 4) is 0 Å². The van der Waals surface area contributed by atoms with Crippen LogP contribution in [0.4, 0.5) is 0 Å². The SMILES string of the molecule is CCNC(=NCC1CCN(Cc2nc(C)c(C)o2)CC1)N(C)Cc1ccccc1Cl.I. The quantitative estimate of drug-likeness (QED) is 0.298. The van der Waals surface area contributed by atoms with Crippen molar-refractivity contribution in [2.45, 2.75) is 46.7 Å². The van der Waals surface area contributed by atoms with E-state index in [9.17, 15) is 0 Å². The van der Waals surface area contributed by atoms with Crippen molar-refractivity contribution in [3.05, 3.63) is 52.2 Å². The summed E-state index contributed by atoms with van der Waals surface area (Å²) in [5.41, 5.74) is 2.10. The molecule has 1 saturated heterocycles. The van der Waals surface area contributed by atoms with E-state index in [-0.39, 0.29) is 24.0 Å². The molecule has 0 aliphatic carbocycles. The first-order valence-electron chi connectivity index (χ1n) is 10.8. The van der Waals surface area contributed by atoms with Gasteiger partial charge in [0.25, 0.3) is 0 Å². The van der Waals surface area contributed by atoms with Crippen molar-refractivity contribution >= 4 is 41.5 Å². The molecule has 31 heavy (non-hydrogen) atoms. The van der Waals surface area contributed by atoms with Crippen LogP contribution in [0.25, 0.3) is 0 Å². The van der Waals surface area contributed by atoms with Gasteiger partial charge in [-0.3, -0.25) is 9.89 Å². The number of aromatic nitrogens is 1. The highest BCUT2D eigenvalue weighted by atomic mass is 127. The van der Waals surface area contributed by atoms with Crippen LogP contribution in [0.1, 0.15) is 42.7 Å². The van der Waals surface area contributed by atoms with Crippen LogP contribution in [0.5, 0.6) is 0 Å². The van der Waals surface area contributed by atoms with Crippen molar-refractivity contribution in [1.29, 1.82) is 0 Å². The second kappa shape index (κ2) is 12.6. The van der Waals surface area contributed by atoms with Gasteiger partial charge in [-0.25, -0.2) is 4.98 Å². The van der Waals surface area contributed by atoms with Crippen LogP contribution in [0.3, 0.4) is 0 Å². The fraction of sp³-hybridized carbons (Fsp3) is 0.565. The fourth-order valence-electron chi connectivity index (χ4n) is 3.77. The van der Waals surface area contributed by atoms with E-state index < -0.39 is 0 Å². The summed E-state index contributed by atoms with van der Waals surface area (Å²) in [6.07, 6.45) is 2.30. The summed E-state index contributed by atoms with van der Waals surface area (Å²) in [6.45, 7) is 11.4. The number of likely N-dealkylation sites (tertiary alicyclic amines) is 1. The molecule has 1 N–H and O–H groups in total. The number of hydrogen-bond donors (Lipinski definition) is 1. The maximum Gasteiger partial charge on any atom is 0.208 e. The second-order valence-electron chi connectivity index (χ2n) is 8.11. The van der Waals surface area contributed by atoms with Gasteiger partial charge in [0, 0.05) is 31.7 Å². The van der Waals surface area contributed by atoms with E-state index in [1.165, 1.54) is 0 Å². The Kier molecular flexibility index (Phi) is 10.6. The molecule has 0 saturated carbocycles. The van der Waals surface area contributed by atoms with Crippen LogP contribution in [-0.2, 0) is 13.1 Å². The van der Waals surface area contributed by atoms with Crippen LogP contribution in [-0.4, -0.2) is 54.0 Å². The normalized spacial score (nSPS) is 15.6. The zero-order valence-electron chi connectivity index (χ0n) is 19.0. The Morgan fingerprint density at radius 3 is 2.61 bits per heavy atom. The van der Waals surface area contributed by atoms with Gasteiger partial charge < -0.3 is 14.6 Å². The molecule has 0 bridgehead atoms. The first-order chi connectivity index (χ1) is 14.5. The number of halogens is 2. The number of piperidine rings is 1. The van der Waals surface area contributed by atoms with Gasteiger partial charge in [0.1, 0.15) is 5.76 Å². The van der Waals surface area contributed by atoms with E-state index in [4.69, 9.17) is 21.0 Å². The van der Waals surface area contributed by atoms with E-state index >= 15 is 0 Å². The van der Waals surface area contributed by atoms with Gasteiger partial charge in [0.2, 0.25) is 5.89 Å². The standard InChI is InChI=1S/C23H34ClN5O.HI/c1-5-25-23(28(4)15-20-8-6-7-9-21(20)24)26-14-19-10-12-29(13-11-19)16-22-27-17(2)18(3)30-22;/h6-9,19H,5,10-16H2,1-4H3,(H,25,26);1H. The zero-order valence-corrected chi connectivity index (χ0v) is 22.1. The van der Waals surface area contributed by atoms with Crippen molar-refractivity contribution in [2.24, 2.45) is 10.9 Å². The first-order valence-corrected chi connectivity index (χ1v) is 11.2. The molecule has 1 aliphatic heterocycles. The van der Waals surface area contributed by atoms with E-state index in [0.717, 1.165) is 86.0 Å². The molecular weight excluding hydrogens is 525 g/mol. The van der Waals surface area contributed by atoms with Crippen molar-refractivity contribution in [1.82, 2.24) is 20.1 Å². The van der Waals surface area contributed by atoms with Gasteiger partial charge in [-0.1, -0.05) is 29.8 Å². The molecule has 1 fully saturated rings. The average Bonchev–Trinajstić information content (AvgIpc) is 3.04. The molecule has 2 heterocycles. The molecule has 0 atom stereocenters. The third kappa shape index (κ3) is 7.64. The lowest BCUT2D eigenvalue weighted by molar-refractivity contribution is 0.166. The van der Waals surface area contributed by atoms with E-state index in [0.29, 0.717) is 5.92 Å². The van der Waals surface area contributed by atoms with Crippen LogP contribution >= 0.6 is 35.6 Å². The molecule has 1 aromatic heterocycles. The Labute approximate surface area is 208 Å². The van der Waals surface area contributed by atoms with Gasteiger partial charge in [-0.2, -0.15) is 0 Å². The highest BCUT2D eigenvalue weighted by Crippen LogP contribution is 2.21. The highest BCUT2D eigenvalue weighted by molar-refractivity contribution is 14.0. The fourth-order valence-corrected chi connectivity index (χ4v) is 3.96. The molecule has 0 unspecified atom stereocenters. The van der Waals surface area contributed by atoms with Gasteiger partial charge >= 0.3 is 0 Å². The van der Waals surface area contributed by atoms with Gasteiger partial charge in [0.15, 0.2) is 5.96 Å². The number of hydrogen-bond acceptors (Lipinski definition) is 4. The molecule has 8 heteroatoms. The molecule has 0 spiro atoms. The highest BCUT2D eigenvalue weighted by Gasteiger charge is 2.21. The molecule has 2 aromatic rings. The molecule has 3 rings (SSSR count). The number of rotatable bonds is 7. The summed E-state index contributed by atoms with van der Waals surface area (Å²) < 4.78 is 5.74. The zero-order chi connectivity index (χ0) is 21.5. The molecule has 0 radical (unpaired) electrons. The predicted octanol–water partition coefficient (Wildman–Crippen LogP) is 4.87. The van der Waals surface area contributed by atoms with Crippen LogP contribution in [0.2, 0.25) is 5.02 Å². The van der Waals surface area contributed by atoms with Crippen LogP contribution < -0.4 is 5.32 Å². The third-order valence-electron chi connectivity index (χ3n) is 5.70. The molecule has 1 aromatic carbocycles. The number of guanidine groups is 1. The van der Waals surface area contributed by atoms with E-state index in [1.807, 2.05) is 32.0 Å². The molecule has 1 aliphatic rings. The summed E-state index contributed by atoms with van der Waals surface area (Å²) in [5, 5.41) is 4.21. The Bertz CT molecular complexity index is 829. The summed E-state index contributed by atoms with van der Waals surface area (Å²) >= 11 is 6.33. The topological polar surface area (TPSA) is 56.9 Å². The maximum atomic E-state index is 6.33. The van der Waals surface area contributed by atoms with Crippen molar-refractivity contribution < 1.29 is 4.42 Å². The minimum atomic E-state index is 0. The Balaban J connectivity index is 0.00000341. The summed E-state index contributed by atoms with van der Waals surface area (Å²) in [4.78, 5) is 14.0. The summed E-state index contributed by atoms with van der Waals surface area (Å²) in [5.74, 6) is 3.30. The van der Waals surface area contributed by atoms with Crippen LogP contribution in [0.15, 0.2) is 33.7 Å². The van der Waals surface area contributed by atoms with Crippen molar-refractivity contribution in [3.63, 3.8) is 0 Å². The largest absolute Gasteiger partial charge is 0.444 e. The Hall–Kier alpha value is -1.32. The van der Waals surface area contributed by atoms with Crippen LogP contribution in [0, 0.1) is 19.8 Å². The number of aliphatic imine (C=N–C) groups is 1. The molecule has 172 valence electrons. The first kappa shape index (κ1) is 25.9. The summed E-state index contributed by atoms with van der Waals surface area (Å²) in [6, 6.07) is 7.98. The maximum absolute atomic E-state index is 6.33. The number of aryl methyl sites for hydroxylation is 2. The lowest BCUT2D eigenvalue weighted by atomic mass is 9.97. The molecular formula is C23H35ClIN5O. The molecule has 0 amide bonds.